The average Bonchev–Trinajstić information content (AvgIpc) is 2.89. The predicted octanol–water partition coefficient (Wildman–Crippen LogP) is 2.40. The molecule has 0 spiro atoms. The van der Waals surface area contributed by atoms with Crippen molar-refractivity contribution in [1.82, 2.24) is 10.3 Å². The van der Waals surface area contributed by atoms with Crippen LogP contribution in [0.25, 0.3) is 0 Å². The van der Waals surface area contributed by atoms with E-state index in [1.165, 1.54) is 0 Å². The summed E-state index contributed by atoms with van der Waals surface area (Å²) in [6.45, 7) is 4.25. The fraction of sp³-hybridized carbons (Fsp3) is 0.333. The van der Waals surface area contributed by atoms with E-state index in [-0.39, 0.29) is 17.9 Å². The van der Waals surface area contributed by atoms with Crippen LogP contribution in [0.15, 0.2) is 35.7 Å². The molecule has 2 unspecified atom stereocenters. The molecule has 1 aromatic carbocycles. The summed E-state index contributed by atoms with van der Waals surface area (Å²) in [5.74, 6) is -0.330. The molecular formula is C15H19N3OS. The van der Waals surface area contributed by atoms with Crippen molar-refractivity contribution in [3.63, 3.8) is 0 Å². The molecular weight excluding hydrogens is 270 g/mol. The van der Waals surface area contributed by atoms with Crippen molar-refractivity contribution in [1.29, 1.82) is 0 Å². The van der Waals surface area contributed by atoms with Gasteiger partial charge in [0, 0.05) is 11.4 Å². The van der Waals surface area contributed by atoms with Gasteiger partial charge in [-0.2, -0.15) is 0 Å². The number of thiazole rings is 1. The second kappa shape index (κ2) is 6.63. The summed E-state index contributed by atoms with van der Waals surface area (Å²) in [7, 11) is 0. The number of hydrogen-bond donors (Lipinski definition) is 2. The van der Waals surface area contributed by atoms with Crippen molar-refractivity contribution >= 4 is 17.2 Å². The Morgan fingerprint density at radius 3 is 2.70 bits per heavy atom. The number of nitrogens with one attached hydrogen (secondary N) is 1. The molecule has 0 aliphatic heterocycles. The molecule has 0 aliphatic carbocycles. The van der Waals surface area contributed by atoms with Crippen molar-refractivity contribution in [3.8, 4) is 0 Å². The SMILES string of the molecule is Cc1nc(CNC(=O)C(C)C(N)c2ccccc2)cs1. The number of nitrogens with zero attached hydrogens (tertiary/aromatic N) is 1. The standard InChI is InChI=1S/C15H19N3OS/c1-10(14(16)12-6-4-3-5-7-12)15(19)17-8-13-9-20-11(2)18-13/h3-7,9-10,14H,8,16H2,1-2H3,(H,17,19). The molecule has 2 rings (SSSR count). The molecule has 20 heavy (non-hydrogen) atoms. The lowest BCUT2D eigenvalue weighted by atomic mass is 9.95. The van der Waals surface area contributed by atoms with Gasteiger partial charge < -0.3 is 11.1 Å². The molecule has 0 bridgehead atoms. The molecule has 0 fully saturated rings. The van der Waals surface area contributed by atoms with E-state index < -0.39 is 0 Å². The zero-order valence-corrected chi connectivity index (χ0v) is 12.5. The van der Waals surface area contributed by atoms with E-state index in [1.54, 1.807) is 11.3 Å². The normalized spacial score (nSPS) is 13.8. The molecule has 5 heteroatoms. The largest absolute Gasteiger partial charge is 0.350 e. The van der Waals surface area contributed by atoms with Gasteiger partial charge in [0.2, 0.25) is 5.91 Å². The van der Waals surface area contributed by atoms with E-state index in [9.17, 15) is 4.79 Å². The van der Waals surface area contributed by atoms with E-state index in [4.69, 9.17) is 5.73 Å². The van der Waals surface area contributed by atoms with Crippen LogP contribution in [-0.4, -0.2) is 10.9 Å². The number of carbonyl (C=O) groups excluding carboxylic acids is 1. The van der Waals surface area contributed by atoms with Crippen LogP contribution in [0.3, 0.4) is 0 Å². The van der Waals surface area contributed by atoms with E-state index >= 15 is 0 Å². The Morgan fingerprint density at radius 2 is 2.10 bits per heavy atom. The summed E-state index contributed by atoms with van der Waals surface area (Å²) in [6, 6.07) is 9.38. The fourth-order valence-corrected chi connectivity index (χ4v) is 2.57. The highest BCUT2D eigenvalue weighted by Gasteiger charge is 2.21. The van der Waals surface area contributed by atoms with Gasteiger partial charge in [-0.05, 0) is 12.5 Å². The molecule has 2 atom stereocenters. The van der Waals surface area contributed by atoms with Crippen LogP contribution < -0.4 is 11.1 Å². The van der Waals surface area contributed by atoms with Crippen molar-refractivity contribution in [2.45, 2.75) is 26.4 Å². The average molecular weight is 289 g/mol. The number of amides is 1. The van der Waals surface area contributed by atoms with Crippen LogP contribution in [0.1, 0.15) is 29.2 Å². The van der Waals surface area contributed by atoms with Crippen LogP contribution in [0.2, 0.25) is 0 Å². The van der Waals surface area contributed by atoms with Crippen molar-refractivity contribution in [2.24, 2.45) is 11.7 Å². The highest BCUT2D eigenvalue weighted by molar-refractivity contribution is 7.09. The second-order valence-corrected chi connectivity index (χ2v) is 5.86. The first kappa shape index (κ1) is 14.7. The first-order chi connectivity index (χ1) is 9.58. The molecule has 1 amide bonds. The number of aryl methyl sites for hydroxylation is 1. The third-order valence-electron chi connectivity index (χ3n) is 3.25. The molecule has 1 heterocycles. The van der Waals surface area contributed by atoms with E-state index in [0.717, 1.165) is 16.3 Å². The summed E-state index contributed by atoms with van der Waals surface area (Å²) < 4.78 is 0. The van der Waals surface area contributed by atoms with E-state index in [2.05, 4.69) is 10.3 Å². The number of aromatic nitrogens is 1. The Hall–Kier alpha value is -1.72. The lowest BCUT2D eigenvalue weighted by Gasteiger charge is -2.19. The molecule has 0 saturated heterocycles. The quantitative estimate of drug-likeness (QED) is 0.888. The minimum Gasteiger partial charge on any atom is -0.350 e. The van der Waals surface area contributed by atoms with Crippen molar-refractivity contribution in [3.05, 3.63) is 52.0 Å². The van der Waals surface area contributed by atoms with Gasteiger partial charge in [-0.1, -0.05) is 37.3 Å². The van der Waals surface area contributed by atoms with Gasteiger partial charge in [0.25, 0.3) is 0 Å². The Kier molecular flexibility index (Phi) is 4.87. The van der Waals surface area contributed by atoms with Gasteiger partial charge in [-0.3, -0.25) is 4.79 Å². The number of benzene rings is 1. The number of carbonyl (C=O) groups is 1. The van der Waals surface area contributed by atoms with Gasteiger partial charge in [0.15, 0.2) is 0 Å². The number of rotatable bonds is 5. The predicted molar refractivity (Wildman–Crippen MR) is 81.2 cm³/mol. The van der Waals surface area contributed by atoms with Crippen LogP contribution in [0, 0.1) is 12.8 Å². The van der Waals surface area contributed by atoms with Gasteiger partial charge in [-0.25, -0.2) is 4.98 Å². The smallest absolute Gasteiger partial charge is 0.225 e. The summed E-state index contributed by atoms with van der Waals surface area (Å²) in [5, 5.41) is 5.85. The zero-order chi connectivity index (χ0) is 14.5. The molecule has 1 aromatic heterocycles. The number of nitrogens with two attached hydrogens (primary N) is 1. The third-order valence-corrected chi connectivity index (χ3v) is 4.07. The van der Waals surface area contributed by atoms with Crippen LogP contribution in [-0.2, 0) is 11.3 Å². The summed E-state index contributed by atoms with van der Waals surface area (Å²) >= 11 is 1.58. The monoisotopic (exact) mass is 289 g/mol. The Bertz CT molecular complexity index is 568. The Labute approximate surface area is 123 Å². The minimum atomic E-state index is -0.298. The highest BCUT2D eigenvalue weighted by atomic mass is 32.1. The lowest BCUT2D eigenvalue weighted by molar-refractivity contribution is -0.125. The van der Waals surface area contributed by atoms with Gasteiger partial charge in [0.1, 0.15) is 0 Å². The minimum absolute atomic E-state index is 0.0491. The van der Waals surface area contributed by atoms with Gasteiger partial charge in [0.05, 0.1) is 23.2 Å². The summed E-state index contributed by atoms with van der Waals surface area (Å²) in [4.78, 5) is 16.4. The van der Waals surface area contributed by atoms with Crippen LogP contribution in [0.4, 0.5) is 0 Å². The molecule has 4 nitrogen and oxygen atoms in total. The van der Waals surface area contributed by atoms with Gasteiger partial charge in [-0.15, -0.1) is 11.3 Å². The highest BCUT2D eigenvalue weighted by Crippen LogP contribution is 2.19. The number of hydrogen-bond acceptors (Lipinski definition) is 4. The molecule has 0 aliphatic rings. The fourth-order valence-electron chi connectivity index (χ4n) is 1.96. The molecule has 0 saturated carbocycles. The molecule has 3 N–H and O–H groups in total. The first-order valence-corrected chi connectivity index (χ1v) is 7.45. The zero-order valence-electron chi connectivity index (χ0n) is 11.7. The van der Waals surface area contributed by atoms with Gasteiger partial charge >= 0.3 is 0 Å². The summed E-state index contributed by atoms with van der Waals surface area (Å²) in [5.41, 5.74) is 8.00. The Morgan fingerprint density at radius 1 is 1.40 bits per heavy atom. The third kappa shape index (κ3) is 3.65. The molecule has 2 aromatic rings. The Balaban J connectivity index is 1.91. The van der Waals surface area contributed by atoms with Crippen LogP contribution in [0.5, 0.6) is 0 Å². The first-order valence-electron chi connectivity index (χ1n) is 6.57. The second-order valence-electron chi connectivity index (χ2n) is 4.80. The summed E-state index contributed by atoms with van der Waals surface area (Å²) in [6.07, 6.45) is 0. The maximum atomic E-state index is 12.1. The topological polar surface area (TPSA) is 68.0 Å². The molecule has 0 radical (unpaired) electrons. The van der Waals surface area contributed by atoms with Crippen LogP contribution >= 0.6 is 11.3 Å². The van der Waals surface area contributed by atoms with Crippen molar-refractivity contribution < 1.29 is 4.79 Å². The van der Waals surface area contributed by atoms with E-state index in [1.807, 2.05) is 49.6 Å². The maximum absolute atomic E-state index is 12.1. The van der Waals surface area contributed by atoms with E-state index in [0.29, 0.717) is 6.54 Å². The lowest BCUT2D eigenvalue weighted by Crippen LogP contribution is -2.35. The maximum Gasteiger partial charge on any atom is 0.225 e. The van der Waals surface area contributed by atoms with Crippen molar-refractivity contribution in [2.75, 3.05) is 0 Å². The molecule has 106 valence electrons.